The fourth-order valence-corrected chi connectivity index (χ4v) is 2.21. The minimum absolute atomic E-state index is 0.182. The number of hydrogen-bond donors (Lipinski definition) is 1. The molecule has 0 aliphatic carbocycles. The van der Waals surface area contributed by atoms with Gasteiger partial charge in [0.05, 0.1) is 6.10 Å². The van der Waals surface area contributed by atoms with Gasteiger partial charge in [0.1, 0.15) is 11.6 Å². The third kappa shape index (κ3) is 5.10. The summed E-state index contributed by atoms with van der Waals surface area (Å²) >= 11 is 0. The minimum Gasteiger partial charge on any atom is -0.491 e. The fourth-order valence-electron chi connectivity index (χ4n) is 2.21. The number of ether oxygens (including phenoxy) is 1. The third-order valence-electron chi connectivity index (χ3n) is 3.09. The van der Waals surface area contributed by atoms with Gasteiger partial charge >= 0.3 is 0 Å². The number of halogens is 1. The molecule has 0 aliphatic rings. The SMILES string of the molecule is CC(Cc1ccc(F)cc1)Nc1ccc(OC(C)C)cc1. The molecule has 0 saturated heterocycles. The molecule has 112 valence electrons. The molecule has 1 N–H and O–H groups in total. The highest BCUT2D eigenvalue weighted by Crippen LogP contribution is 2.18. The van der Waals surface area contributed by atoms with Crippen molar-refractivity contribution in [3.8, 4) is 5.75 Å². The molecule has 0 amide bonds. The van der Waals surface area contributed by atoms with Crippen molar-refractivity contribution in [3.63, 3.8) is 0 Å². The van der Waals surface area contributed by atoms with Gasteiger partial charge in [-0.1, -0.05) is 12.1 Å². The van der Waals surface area contributed by atoms with Crippen LogP contribution in [0.3, 0.4) is 0 Å². The Morgan fingerprint density at radius 2 is 1.57 bits per heavy atom. The van der Waals surface area contributed by atoms with Crippen LogP contribution in [-0.4, -0.2) is 12.1 Å². The van der Waals surface area contributed by atoms with Crippen LogP contribution in [0.2, 0.25) is 0 Å². The molecule has 0 fully saturated rings. The molecule has 0 saturated carbocycles. The first-order valence-electron chi connectivity index (χ1n) is 7.30. The van der Waals surface area contributed by atoms with Gasteiger partial charge in [0, 0.05) is 11.7 Å². The van der Waals surface area contributed by atoms with Crippen molar-refractivity contribution in [1.82, 2.24) is 0 Å². The summed E-state index contributed by atoms with van der Waals surface area (Å²) in [6.07, 6.45) is 1.03. The molecule has 1 atom stereocenters. The van der Waals surface area contributed by atoms with Gasteiger partial charge in [-0.3, -0.25) is 0 Å². The zero-order valence-electron chi connectivity index (χ0n) is 12.8. The van der Waals surface area contributed by atoms with E-state index in [2.05, 4.69) is 12.2 Å². The maximum atomic E-state index is 12.9. The summed E-state index contributed by atoms with van der Waals surface area (Å²) < 4.78 is 18.5. The smallest absolute Gasteiger partial charge is 0.123 e. The second-order valence-electron chi connectivity index (χ2n) is 5.57. The average molecular weight is 287 g/mol. The Balaban J connectivity index is 1.90. The maximum absolute atomic E-state index is 12.9. The zero-order chi connectivity index (χ0) is 15.2. The molecule has 0 spiro atoms. The Kier molecular flexibility index (Phi) is 5.20. The van der Waals surface area contributed by atoms with E-state index in [9.17, 15) is 4.39 Å². The van der Waals surface area contributed by atoms with Crippen molar-refractivity contribution in [2.24, 2.45) is 0 Å². The van der Waals surface area contributed by atoms with E-state index in [1.165, 1.54) is 12.1 Å². The van der Waals surface area contributed by atoms with Crippen molar-refractivity contribution < 1.29 is 9.13 Å². The van der Waals surface area contributed by atoms with Crippen LogP contribution in [0.5, 0.6) is 5.75 Å². The average Bonchev–Trinajstić information content (AvgIpc) is 2.43. The topological polar surface area (TPSA) is 21.3 Å². The highest BCUT2D eigenvalue weighted by molar-refractivity contribution is 5.47. The lowest BCUT2D eigenvalue weighted by Crippen LogP contribution is -2.18. The highest BCUT2D eigenvalue weighted by Gasteiger charge is 2.05. The van der Waals surface area contributed by atoms with Crippen LogP contribution in [0.4, 0.5) is 10.1 Å². The molecular formula is C18H22FNO. The normalized spacial score (nSPS) is 12.2. The van der Waals surface area contributed by atoms with E-state index in [1.54, 1.807) is 0 Å². The van der Waals surface area contributed by atoms with Crippen molar-refractivity contribution >= 4 is 5.69 Å². The van der Waals surface area contributed by atoms with E-state index < -0.39 is 0 Å². The van der Waals surface area contributed by atoms with E-state index >= 15 is 0 Å². The predicted octanol–water partition coefficient (Wildman–Crippen LogP) is 4.66. The van der Waals surface area contributed by atoms with Crippen LogP contribution in [0, 0.1) is 5.82 Å². The maximum Gasteiger partial charge on any atom is 0.123 e. The number of rotatable bonds is 6. The predicted molar refractivity (Wildman–Crippen MR) is 85.4 cm³/mol. The number of anilines is 1. The first kappa shape index (κ1) is 15.4. The Bertz CT molecular complexity index is 548. The van der Waals surface area contributed by atoms with Crippen LogP contribution in [0.15, 0.2) is 48.5 Å². The molecule has 1 unspecified atom stereocenters. The number of nitrogens with one attached hydrogen (secondary N) is 1. The van der Waals surface area contributed by atoms with Gasteiger partial charge in [-0.2, -0.15) is 0 Å². The first-order chi connectivity index (χ1) is 10.0. The van der Waals surface area contributed by atoms with E-state index in [1.807, 2.05) is 50.2 Å². The van der Waals surface area contributed by atoms with E-state index in [0.717, 1.165) is 23.4 Å². The van der Waals surface area contributed by atoms with Crippen LogP contribution < -0.4 is 10.1 Å². The first-order valence-corrected chi connectivity index (χ1v) is 7.30. The Morgan fingerprint density at radius 1 is 0.952 bits per heavy atom. The van der Waals surface area contributed by atoms with Crippen molar-refractivity contribution in [2.45, 2.75) is 39.3 Å². The van der Waals surface area contributed by atoms with Gasteiger partial charge in [-0.15, -0.1) is 0 Å². The van der Waals surface area contributed by atoms with Crippen molar-refractivity contribution in [2.75, 3.05) is 5.32 Å². The van der Waals surface area contributed by atoms with E-state index in [4.69, 9.17) is 4.74 Å². The lowest BCUT2D eigenvalue weighted by atomic mass is 10.1. The van der Waals surface area contributed by atoms with Crippen LogP contribution >= 0.6 is 0 Å². The van der Waals surface area contributed by atoms with Gasteiger partial charge in [0.15, 0.2) is 0 Å². The third-order valence-corrected chi connectivity index (χ3v) is 3.09. The van der Waals surface area contributed by atoms with E-state index in [-0.39, 0.29) is 18.0 Å². The minimum atomic E-state index is -0.194. The van der Waals surface area contributed by atoms with E-state index in [0.29, 0.717) is 0 Å². The molecule has 0 bridgehead atoms. The van der Waals surface area contributed by atoms with Gasteiger partial charge in [-0.05, 0) is 69.2 Å². The molecule has 21 heavy (non-hydrogen) atoms. The summed E-state index contributed by atoms with van der Waals surface area (Å²) in [5.74, 6) is 0.682. The Labute approximate surface area is 126 Å². The largest absolute Gasteiger partial charge is 0.491 e. The summed E-state index contributed by atoms with van der Waals surface area (Å²) in [4.78, 5) is 0. The van der Waals surface area contributed by atoms with Gasteiger partial charge in [-0.25, -0.2) is 4.39 Å². The monoisotopic (exact) mass is 287 g/mol. The molecule has 2 rings (SSSR count). The standard InChI is InChI=1S/C18H22FNO/c1-13(2)21-18-10-8-17(9-11-18)20-14(3)12-15-4-6-16(19)7-5-15/h4-11,13-14,20H,12H2,1-3H3. The highest BCUT2D eigenvalue weighted by atomic mass is 19.1. The summed E-state index contributed by atoms with van der Waals surface area (Å²) in [5, 5.41) is 3.44. The number of benzene rings is 2. The molecule has 3 heteroatoms. The molecule has 2 aromatic rings. The molecule has 0 aromatic heterocycles. The quantitative estimate of drug-likeness (QED) is 0.834. The molecule has 2 nitrogen and oxygen atoms in total. The zero-order valence-corrected chi connectivity index (χ0v) is 12.8. The summed E-state index contributed by atoms with van der Waals surface area (Å²) in [6.45, 7) is 6.13. The van der Waals surface area contributed by atoms with Gasteiger partial charge < -0.3 is 10.1 Å². The van der Waals surface area contributed by atoms with Crippen LogP contribution in [0.1, 0.15) is 26.3 Å². The van der Waals surface area contributed by atoms with Gasteiger partial charge in [0.2, 0.25) is 0 Å². The summed E-state index contributed by atoms with van der Waals surface area (Å²) in [7, 11) is 0. The van der Waals surface area contributed by atoms with Crippen LogP contribution in [-0.2, 0) is 6.42 Å². The second kappa shape index (κ2) is 7.11. The van der Waals surface area contributed by atoms with Gasteiger partial charge in [0.25, 0.3) is 0 Å². The number of hydrogen-bond acceptors (Lipinski definition) is 2. The fraction of sp³-hybridized carbons (Fsp3) is 0.333. The summed E-state index contributed by atoms with van der Waals surface area (Å²) in [5.41, 5.74) is 2.18. The molecule has 0 heterocycles. The second-order valence-corrected chi connectivity index (χ2v) is 5.57. The Morgan fingerprint density at radius 3 is 2.14 bits per heavy atom. The van der Waals surface area contributed by atoms with Crippen LogP contribution in [0.25, 0.3) is 0 Å². The van der Waals surface area contributed by atoms with Crippen molar-refractivity contribution in [1.29, 1.82) is 0 Å². The lowest BCUT2D eigenvalue weighted by Gasteiger charge is -2.16. The van der Waals surface area contributed by atoms with Crippen molar-refractivity contribution in [3.05, 3.63) is 59.9 Å². The Hall–Kier alpha value is -2.03. The molecule has 0 radical (unpaired) electrons. The molecule has 0 aliphatic heterocycles. The lowest BCUT2D eigenvalue weighted by molar-refractivity contribution is 0.242. The molecule has 2 aromatic carbocycles. The summed E-state index contributed by atoms with van der Waals surface area (Å²) in [6, 6.07) is 14.9. The molecular weight excluding hydrogens is 265 g/mol.